The molecule has 0 bridgehead atoms. The molecule has 5 nitrogen and oxygen atoms in total. The molecule has 1 fully saturated rings. The lowest BCUT2D eigenvalue weighted by molar-refractivity contribution is 0.180. The molecule has 0 saturated carbocycles. The van der Waals surface area contributed by atoms with Crippen LogP contribution in [0.4, 0.5) is 4.79 Å². The van der Waals surface area contributed by atoms with Crippen molar-refractivity contribution in [3.8, 4) is 0 Å². The number of urea groups is 1. The normalized spacial score (nSPS) is 19.6. The van der Waals surface area contributed by atoms with Gasteiger partial charge in [0.05, 0.1) is 11.0 Å². The number of imidazole rings is 1. The molecule has 5 heteroatoms. The summed E-state index contributed by atoms with van der Waals surface area (Å²) in [6.07, 6.45) is 2.10. The second-order valence-corrected chi connectivity index (χ2v) is 4.98. The molecule has 2 heterocycles. The van der Waals surface area contributed by atoms with Crippen LogP contribution in [-0.2, 0) is 0 Å². The fourth-order valence-corrected chi connectivity index (χ4v) is 2.71. The van der Waals surface area contributed by atoms with Gasteiger partial charge in [-0.1, -0.05) is 12.1 Å². The van der Waals surface area contributed by atoms with Gasteiger partial charge in [0.15, 0.2) is 0 Å². The van der Waals surface area contributed by atoms with Gasteiger partial charge >= 0.3 is 6.03 Å². The number of rotatable bonds is 1. The first-order chi connectivity index (χ1) is 9.28. The number of carbonyl (C=O) groups is 1. The Bertz CT molecular complexity index is 559. The maximum Gasteiger partial charge on any atom is 0.317 e. The van der Waals surface area contributed by atoms with E-state index < -0.39 is 0 Å². The number of H-pyrrole nitrogens is 1. The topological polar surface area (TPSA) is 61.0 Å². The SMILES string of the molecule is CNC(=O)N1CCCC(c2nc3ccccc3[nH]2)C1. The van der Waals surface area contributed by atoms with E-state index in [1.54, 1.807) is 7.05 Å². The predicted molar refractivity (Wildman–Crippen MR) is 74.1 cm³/mol. The number of piperidine rings is 1. The maximum atomic E-state index is 11.7. The van der Waals surface area contributed by atoms with Crippen molar-refractivity contribution in [3.05, 3.63) is 30.1 Å². The molecule has 2 amide bonds. The zero-order valence-electron chi connectivity index (χ0n) is 11.0. The smallest absolute Gasteiger partial charge is 0.317 e. The number of nitrogens with zero attached hydrogens (tertiary/aromatic N) is 2. The molecule has 1 aromatic heterocycles. The van der Waals surface area contributed by atoms with E-state index >= 15 is 0 Å². The Hall–Kier alpha value is -2.04. The number of benzene rings is 1. The molecule has 2 N–H and O–H groups in total. The summed E-state index contributed by atoms with van der Waals surface area (Å²) in [4.78, 5) is 21.6. The second kappa shape index (κ2) is 4.91. The van der Waals surface area contributed by atoms with Gasteiger partial charge in [-0.3, -0.25) is 0 Å². The van der Waals surface area contributed by atoms with Gasteiger partial charge in [-0.05, 0) is 25.0 Å². The lowest BCUT2D eigenvalue weighted by Gasteiger charge is -2.31. The van der Waals surface area contributed by atoms with Crippen LogP contribution < -0.4 is 5.32 Å². The minimum Gasteiger partial charge on any atom is -0.342 e. The van der Waals surface area contributed by atoms with Crippen LogP contribution in [-0.4, -0.2) is 41.0 Å². The van der Waals surface area contributed by atoms with Crippen molar-refractivity contribution in [2.45, 2.75) is 18.8 Å². The van der Waals surface area contributed by atoms with E-state index in [1.807, 2.05) is 29.2 Å². The quantitative estimate of drug-likeness (QED) is 0.822. The number of likely N-dealkylation sites (tertiary alicyclic amines) is 1. The number of hydrogen-bond donors (Lipinski definition) is 2. The molecule has 19 heavy (non-hydrogen) atoms. The highest BCUT2D eigenvalue weighted by Crippen LogP contribution is 2.26. The van der Waals surface area contributed by atoms with Gasteiger partial charge in [-0.15, -0.1) is 0 Å². The monoisotopic (exact) mass is 258 g/mol. The van der Waals surface area contributed by atoms with Crippen LogP contribution in [0.15, 0.2) is 24.3 Å². The van der Waals surface area contributed by atoms with Crippen molar-refractivity contribution in [1.82, 2.24) is 20.2 Å². The number of para-hydroxylation sites is 2. The third-order valence-electron chi connectivity index (χ3n) is 3.72. The summed E-state index contributed by atoms with van der Waals surface area (Å²) in [5.41, 5.74) is 2.06. The summed E-state index contributed by atoms with van der Waals surface area (Å²) in [6, 6.07) is 8.03. The van der Waals surface area contributed by atoms with Crippen LogP contribution in [0.2, 0.25) is 0 Å². The van der Waals surface area contributed by atoms with Gasteiger partial charge in [0.1, 0.15) is 5.82 Å². The van der Waals surface area contributed by atoms with E-state index in [4.69, 9.17) is 0 Å². The molecule has 1 unspecified atom stereocenters. The summed E-state index contributed by atoms with van der Waals surface area (Å²) < 4.78 is 0. The fraction of sp³-hybridized carbons (Fsp3) is 0.429. The van der Waals surface area contributed by atoms with E-state index in [0.29, 0.717) is 5.92 Å². The van der Waals surface area contributed by atoms with Crippen molar-refractivity contribution >= 4 is 17.1 Å². The predicted octanol–water partition coefficient (Wildman–Crippen LogP) is 2.08. The number of fused-ring (bicyclic) bond motifs is 1. The molecule has 2 aromatic rings. The lowest BCUT2D eigenvalue weighted by atomic mass is 9.98. The number of carbonyl (C=O) groups excluding carboxylic acids is 1. The number of nitrogens with one attached hydrogen (secondary N) is 2. The Labute approximate surface area is 112 Å². The highest BCUT2D eigenvalue weighted by Gasteiger charge is 2.26. The number of aromatic nitrogens is 2. The number of aromatic amines is 1. The highest BCUT2D eigenvalue weighted by atomic mass is 16.2. The molecule has 1 aromatic carbocycles. The summed E-state index contributed by atoms with van der Waals surface area (Å²) in [6.45, 7) is 1.57. The van der Waals surface area contributed by atoms with Crippen molar-refractivity contribution < 1.29 is 4.79 Å². The van der Waals surface area contributed by atoms with Crippen molar-refractivity contribution in [1.29, 1.82) is 0 Å². The van der Waals surface area contributed by atoms with Crippen molar-refractivity contribution in [2.24, 2.45) is 0 Å². The first-order valence-corrected chi connectivity index (χ1v) is 6.69. The van der Waals surface area contributed by atoms with Gasteiger partial charge in [-0.25, -0.2) is 9.78 Å². The highest BCUT2D eigenvalue weighted by molar-refractivity contribution is 5.75. The minimum atomic E-state index is 0.000751. The molecular weight excluding hydrogens is 240 g/mol. The second-order valence-electron chi connectivity index (χ2n) is 4.98. The van der Waals surface area contributed by atoms with E-state index in [-0.39, 0.29) is 6.03 Å². The van der Waals surface area contributed by atoms with Gasteiger partial charge in [0.2, 0.25) is 0 Å². The van der Waals surface area contributed by atoms with Crippen LogP contribution in [0.1, 0.15) is 24.6 Å². The lowest BCUT2D eigenvalue weighted by Crippen LogP contribution is -2.43. The number of amides is 2. The zero-order valence-corrected chi connectivity index (χ0v) is 11.0. The summed E-state index contributed by atoms with van der Waals surface area (Å²) in [7, 11) is 1.67. The molecule has 1 saturated heterocycles. The Balaban J connectivity index is 1.83. The van der Waals surface area contributed by atoms with Gasteiger partial charge in [0, 0.05) is 26.1 Å². The Morgan fingerprint density at radius 3 is 3.11 bits per heavy atom. The molecule has 0 radical (unpaired) electrons. The van der Waals surface area contributed by atoms with Crippen LogP contribution in [0.3, 0.4) is 0 Å². The van der Waals surface area contributed by atoms with E-state index in [2.05, 4.69) is 15.3 Å². The minimum absolute atomic E-state index is 0.000751. The fourth-order valence-electron chi connectivity index (χ4n) is 2.71. The summed E-state index contributed by atoms with van der Waals surface area (Å²) >= 11 is 0. The standard InChI is InChI=1S/C14H18N4O/c1-15-14(19)18-8-4-5-10(9-18)13-16-11-6-2-3-7-12(11)17-13/h2-3,6-7,10H,4-5,8-9H2,1H3,(H,15,19)(H,16,17). The van der Waals surface area contributed by atoms with Crippen LogP contribution >= 0.6 is 0 Å². The summed E-state index contributed by atoms with van der Waals surface area (Å²) in [5, 5.41) is 2.69. The van der Waals surface area contributed by atoms with E-state index in [1.165, 1.54) is 0 Å². The molecule has 1 atom stereocenters. The Morgan fingerprint density at radius 1 is 1.47 bits per heavy atom. The average molecular weight is 258 g/mol. The van der Waals surface area contributed by atoms with Crippen LogP contribution in [0, 0.1) is 0 Å². The molecular formula is C14H18N4O. The first-order valence-electron chi connectivity index (χ1n) is 6.69. The molecule has 1 aliphatic rings. The molecule has 100 valence electrons. The largest absolute Gasteiger partial charge is 0.342 e. The maximum absolute atomic E-state index is 11.7. The molecule has 1 aliphatic heterocycles. The molecule has 0 aliphatic carbocycles. The van der Waals surface area contributed by atoms with Gasteiger partial charge < -0.3 is 15.2 Å². The van der Waals surface area contributed by atoms with E-state index in [0.717, 1.165) is 42.8 Å². The van der Waals surface area contributed by atoms with Crippen LogP contribution in [0.5, 0.6) is 0 Å². The first kappa shape index (κ1) is 12.0. The molecule has 3 rings (SSSR count). The molecule has 0 spiro atoms. The van der Waals surface area contributed by atoms with Gasteiger partial charge in [-0.2, -0.15) is 0 Å². The third kappa shape index (κ3) is 2.28. The Morgan fingerprint density at radius 2 is 2.32 bits per heavy atom. The Kier molecular flexibility index (Phi) is 3.11. The van der Waals surface area contributed by atoms with Gasteiger partial charge in [0.25, 0.3) is 0 Å². The van der Waals surface area contributed by atoms with Crippen LogP contribution in [0.25, 0.3) is 11.0 Å². The average Bonchev–Trinajstić information content (AvgIpc) is 2.90. The zero-order chi connectivity index (χ0) is 13.2. The van der Waals surface area contributed by atoms with Crippen molar-refractivity contribution in [2.75, 3.05) is 20.1 Å². The van der Waals surface area contributed by atoms with Crippen molar-refractivity contribution in [3.63, 3.8) is 0 Å². The summed E-state index contributed by atoms with van der Waals surface area (Å²) in [5.74, 6) is 1.30. The van der Waals surface area contributed by atoms with E-state index in [9.17, 15) is 4.79 Å². The third-order valence-corrected chi connectivity index (χ3v) is 3.72. The number of hydrogen-bond acceptors (Lipinski definition) is 2.